The molecule has 2 fully saturated rings. The van der Waals surface area contributed by atoms with Crippen LogP contribution in [0.25, 0.3) is 0 Å². The van der Waals surface area contributed by atoms with Crippen LogP contribution in [0.4, 0.5) is 0 Å². The monoisotopic (exact) mass is 258 g/mol. The molecule has 0 radical (unpaired) electrons. The molecule has 0 aromatic rings. The Balaban J connectivity index is 2.09. The first-order valence-electron chi connectivity index (χ1n) is 5.77. The average Bonchev–Trinajstić information content (AvgIpc) is 2.79. The Kier molecular flexibility index (Phi) is 3.72. The fourth-order valence-corrected chi connectivity index (χ4v) is 2.18. The SMILES string of the molecule is COC(=O)/C=C/[C@H]1OC(OC)[C@@H]2OC(C)(C)O[C@H]12. The highest BCUT2D eigenvalue weighted by atomic mass is 16.8. The first-order chi connectivity index (χ1) is 8.46. The van der Waals surface area contributed by atoms with Gasteiger partial charge in [-0.2, -0.15) is 0 Å². The van der Waals surface area contributed by atoms with Gasteiger partial charge in [0.2, 0.25) is 0 Å². The number of esters is 1. The number of fused-ring (bicyclic) bond motifs is 1. The molecule has 0 amide bonds. The molecule has 18 heavy (non-hydrogen) atoms. The van der Waals surface area contributed by atoms with E-state index in [0.29, 0.717) is 0 Å². The lowest BCUT2D eigenvalue weighted by Gasteiger charge is -2.22. The molecule has 2 saturated heterocycles. The lowest BCUT2D eigenvalue weighted by Crippen LogP contribution is -2.30. The number of hydrogen-bond donors (Lipinski definition) is 0. The lowest BCUT2D eigenvalue weighted by molar-refractivity contribution is -0.221. The standard InChI is InChI=1S/C12H18O6/c1-12(2)17-9-7(5-6-8(13)14-3)16-11(15-4)10(9)18-12/h5-7,9-11H,1-4H3/b6-5+/t7-,9-,10-,11?/m1/s1. The van der Waals surface area contributed by atoms with Crippen molar-refractivity contribution in [2.45, 2.75) is 44.2 Å². The van der Waals surface area contributed by atoms with Crippen LogP contribution >= 0.6 is 0 Å². The molecule has 6 heteroatoms. The Hall–Kier alpha value is -0.950. The molecule has 1 unspecified atom stereocenters. The molecule has 0 saturated carbocycles. The maximum Gasteiger partial charge on any atom is 0.330 e. The van der Waals surface area contributed by atoms with Crippen molar-refractivity contribution in [3.05, 3.63) is 12.2 Å². The fourth-order valence-electron chi connectivity index (χ4n) is 2.18. The predicted octanol–water partition coefficient (Wildman–Crippen LogP) is 0.607. The summed E-state index contributed by atoms with van der Waals surface area (Å²) in [4.78, 5) is 11.1. The van der Waals surface area contributed by atoms with Crippen LogP contribution in [0.1, 0.15) is 13.8 Å². The van der Waals surface area contributed by atoms with Crippen molar-refractivity contribution in [3.63, 3.8) is 0 Å². The van der Waals surface area contributed by atoms with Crippen molar-refractivity contribution >= 4 is 5.97 Å². The van der Waals surface area contributed by atoms with Gasteiger partial charge < -0.3 is 23.7 Å². The largest absolute Gasteiger partial charge is 0.466 e. The number of rotatable bonds is 3. The summed E-state index contributed by atoms with van der Waals surface area (Å²) in [6, 6.07) is 0. The summed E-state index contributed by atoms with van der Waals surface area (Å²) in [5.74, 6) is -1.11. The second kappa shape index (κ2) is 4.97. The summed E-state index contributed by atoms with van der Waals surface area (Å²) in [5, 5.41) is 0. The zero-order valence-corrected chi connectivity index (χ0v) is 10.9. The zero-order chi connectivity index (χ0) is 13.3. The van der Waals surface area contributed by atoms with E-state index in [1.807, 2.05) is 13.8 Å². The minimum atomic E-state index is -0.673. The van der Waals surface area contributed by atoms with Gasteiger partial charge in [0.05, 0.1) is 7.11 Å². The van der Waals surface area contributed by atoms with Crippen molar-refractivity contribution in [2.24, 2.45) is 0 Å². The van der Waals surface area contributed by atoms with Gasteiger partial charge in [0, 0.05) is 13.2 Å². The van der Waals surface area contributed by atoms with E-state index in [1.54, 1.807) is 13.2 Å². The van der Waals surface area contributed by atoms with Gasteiger partial charge in [-0.25, -0.2) is 4.79 Å². The molecule has 2 heterocycles. The molecular formula is C12H18O6. The third-order valence-corrected chi connectivity index (χ3v) is 2.90. The summed E-state index contributed by atoms with van der Waals surface area (Å²) >= 11 is 0. The van der Waals surface area contributed by atoms with Crippen LogP contribution in [0.2, 0.25) is 0 Å². The van der Waals surface area contributed by atoms with Gasteiger partial charge in [-0.15, -0.1) is 0 Å². The molecule has 0 aromatic carbocycles. The summed E-state index contributed by atoms with van der Waals surface area (Å²) in [7, 11) is 2.87. The number of carbonyl (C=O) groups is 1. The summed E-state index contributed by atoms with van der Waals surface area (Å²) in [6.45, 7) is 3.66. The van der Waals surface area contributed by atoms with Crippen LogP contribution in [-0.4, -0.2) is 50.6 Å². The molecule has 0 aliphatic carbocycles. The fraction of sp³-hybridized carbons (Fsp3) is 0.750. The molecule has 0 N–H and O–H groups in total. The third-order valence-electron chi connectivity index (χ3n) is 2.90. The van der Waals surface area contributed by atoms with Crippen LogP contribution in [-0.2, 0) is 28.5 Å². The molecule has 2 aliphatic rings. The molecule has 6 nitrogen and oxygen atoms in total. The molecule has 0 spiro atoms. The van der Waals surface area contributed by atoms with E-state index < -0.39 is 18.0 Å². The average molecular weight is 258 g/mol. The summed E-state index contributed by atoms with van der Waals surface area (Å²) in [6.07, 6.45) is 1.45. The van der Waals surface area contributed by atoms with Gasteiger partial charge in [-0.1, -0.05) is 0 Å². The summed E-state index contributed by atoms with van der Waals surface area (Å²) < 4.78 is 26.8. The second-order valence-corrected chi connectivity index (χ2v) is 4.65. The number of ether oxygens (including phenoxy) is 5. The normalized spacial score (nSPS) is 38.0. The van der Waals surface area contributed by atoms with E-state index in [-0.39, 0.29) is 18.3 Å². The van der Waals surface area contributed by atoms with Crippen LogP contribution in [0.3, 0.4) is 0 Å². The van der Waals surface area contributed by atoms with Gasteiger partial charge in [0.25, 0.3) is 0 Å². The molecule has 4 atom stereocenters. The molecule has 0 bridgehead atoms. The Bertz CT molecular complexity index is 350. The van der Waals surface area contributed by atoms with Crippen LogP contribution < -0.4 is 0 Å². The maximum atomic E-state index is 11.1. The number of hydrogen-bond acceptors (Lipinski definition) is 6. The van der Waals surface area contributed by atoms with Gasteiger partial charge in [0.15, 0.2) is 12.1 Å². The molecule has 2 aliphatic heterocycles. The van der Waals surface area contributed by atoms with E-state index >= 15 is 0 Å². The van der Waals surface area contributed by atoms with Crippen molar-refractivity contribution in [1.29, 1.82) is 0 Å². The van der Waals surface area contributed by atoms with Crippen LogP contribution in [0.5, 0.6) is 0 Å². The highest BCUT2D eigenvalue weighted by molar-refractivity contribution is 5.81. The molecule has 102 valence electrons. The van der Waals surface area contributed by atoms with Gasteiger partial charge >= 0.3 is 5.97 Å². The Morgan fingerprint density at radius 1 is 1.22 bits per heavy atom. The first kappa shape index (κ1) is 13.5. The third kappa shape index (κ3) is 2.56. The first-order valence-corrected chi connectivity index (χ1v) is 5.77. The molecular weight excluding hydrogens is 240 g/mol. The van der Waals surface area contributed by atoms with Crippen LogP contribution in [0.15, 0.2) is 12.2 Å². The minimum Gasteiger partial charge on any atom is -0.466 e. The topological polar surface area (TPSA) is 63.2 Å². The van der Waals surface area contributed by atoms with Gasteiger partial charge in [-0.3, -0.25) is 0 Å². The number of methoxy groups -OCH3 is 2. The van der Waals surface area contributed by atoms with Crippen LogP contribution in [0, 0.1) is 0 Å². The molecule has 0 aromatic heterocycles. The van der Waals surface area contributed by atoms with Crippen molar-refractivity contribution in [1.82, 2.24) is 0 Å². The predicted molar refractivity (Wildman–Crippen MR) is 60.7 cm³/mol. The highest BCUT2D eigenvalue weighted by Crippen LogP contribution is 2.39. The molecule has 2 rings (SSSR count). The van der Waals surface area contributed by atoms with E-state index in [9.17, 15) is 4.79 Å². The van der Waals surface area contributed by atoms with Crippen molar-refractivity contribution in [2.75, 3.05) is 14.2 Å². The highest BCUT2D eigenvalue weighted by Gasteiger charge is 2.54. The van der Waals surface area contributed by atoms with E-state index in [1.165, 1.54) is 13.2 Å². The second-order valence-electron chi connectivity index (χ2n) is 4.65. The number of carbonyl (C=O) groups excluding carboxylic acids is 1. The summed E-state index contributed by atoms with van der Waals surface area (Å²) in [5.41, 5.74) is 0. The van der Waals surface area contributed by atoms with E-state index in [4.69, 9.17) is 18.9 Å². The quantitative estimate of drug-likeness (QED) is 0.546. The maximum absolute atomic E-state index is 11.1. The van der Waals surface area contributed by atoms with Gasteiger partial charge in [-0.05, 0) is 19.9 Å². The Labute approximate surface area is 106 Å². The van der Waals surface area contributed by atoms with E-state index in [2.05, 4.69) is 4.74 Å². The van der Waals surface area contributed by atoms with E-state index in [0.717, 1.165) is 0 Å². The van der Waals surface area contributed by atoms with Crippen molar-refractivity contribution < 1.29 is 28.5 Å². The smallest absolute Gasteiger partial charge is 0.330 e. The Morgan fingerprint density at radius 3 is 2.50 bits per heavy atom. The Morgan fingerprint density at radius 2 is 1.89 bits per heavy atom. The zero-order valence-electron chi connectivity index (χ0n) is 10.9. The van der Waals surface area contributed by atoms with Crippen molar-refractivity contribution in [3.8, 4) is 0 Å². The minimum absolute atomic E-state index is 0.286. The van der Waals surface area contributed by atoms with Gasteiger partial charge in [0.1, 0.15) is 18.3 Å². The lowest BCUT2D eigenvalue weighted by atomic mass is 10.1.